The van der Waals surface area contributed by atoms with E-state index < -0.39 is 11.6 Å². The molecule has 4 aromatic rings. The van der Waals surface area contributed by atoms with Crippen molar-refractivity contribution in [2.45, 2.75) is 31.8 Å². The Morgan fingerprint density at radius 1 is 1.07 bits per heavy atom. The van der Waals surface area contributed by atoms with Gasteiger partial charge in [-0.3, -0.25) is 0 Å². The fraction of sp³-hybridized carbons (Fsp3) is 0.217. The van der Waals surface area contributed by atoms with Crippen LogP contribution in [0.1, 0.15) is 35.8 Å². The minimum Gasteiger partial charge on any atom is -0.304 e. The third kappa shape index (κ3) is 3.52. The van der Waals surface area contributed by atoms with Crippen molar-refractivity contribution in [2.75, 3.05) is 0 Å². The molecule has 3 aromatic heterocycles. The van der Waals surface area contributed by atoms with Crippen molar-refractivity contribution in [1.29, 1.82) is 0 Å². The Bertz CT molecular complexity index is 1150. The van der Waals surface area contributed by atoms with Crippen LogP contribution in [0.5, 0.6) is 0 Å². The molecule has 5 rings (SSSR count). The largest absolute Gasteiger partial charge is 0.304 e. The van der Waals surface area contributed by atoms with E-state index in [2.05, 4.69) is 26.0 Å². The Balaban J connectivity index is 1.38. The molecule has 1 aliphatic carbocycles. The summed E-state index contributed by atoms with van der Waals surface area (Å²) in [5.74, 6) is -0.324. The second kappa shape index (κ2) is 7.84. The van der Waals surface area contributed by atoms with Crippen LogP contribution in [0.2, 0.25) is 0 Å². The van der Waals surface area contributed by atoms with E-state index in [0.29, 0.717) is 12.2 Å². The van der Waals surface area contributed by atoms with Gasteiger partial charge in [0, 0.05) is 48.0 Å². The maximum atomic E-state index is 13.7. The molecular formula is C23H21F2N5. The molecule has 0 saturated carbocycles. The first-order chi connectivity index (χ1) is 14.7. The maximum Gasteiger partial charge on any atom is 0.136 e. The van der Waals surface area contributed by atoms with Gasteiger partial charge in [0.25, 0.3) is 0 Å². The van der Waals surface area contributed by atoms with Crippen molar-refractivity contribution < 1.29 is 8.78 Å². The molecule has 0 amide bonds. The lowest BCUT2D eigenvalue weighted by molar-refractivity contribution is 0.450. The molecule has 1 aliphatic rings. The van der Waals surface area contributed by atoms with Crippen LogP contribution >= 0.6 is 0 Å². The van der Waals surface area contributed by atoms with E-state index in [4.69, 9.17) is 0 Å². The summed E-state index contributed by atoms with van der Waals surface area (Å²) in [5, 5.41) is 8.07. The average molecular weight is 405 g/mol. The van der Waals surface area contributed by atoms with Crippen molar-refractivity contribution in [1.82, 2.24) is 24.6 Å². The Morgan fingerprint density at radius 2 is 1.93 bits per heavy atom. The third-order valence-electron chi connectivity index (χ3n) is 5.53. The van der Waals surface area contributed by atoms with E-state index in [1.165, 1.54) is 12.1 Å². The predicted molar refractivity (Wildman–Crippen MR) is 110 cm³/mol. The molecule has 5 nitrogen and oxygen atoms in total. The van der Waals surface area contributed by atoms with Gasteiger partial charge >= 0.3 is 0 Å². The number of benzene rings is 1. The molecule has 0 fully saturated rings. The van der Waals surface area contributed by atoms with Gasteiger partial charge in [-0.2, -0.15) is 5.10 Å². The number of fused-ring (bicyclic) bond motifs is 1. The monoisotopic (exact) mass is 405 g/mol. The Hall–Kier alpha value is -3.32. The highest BCUT2D eigenvalue weighted by Gasteiger charge is 2.25. The predicted octanol–water partition coefficient (Wildman–Crippen LogP) is 4.50. The van der Waals surface area contributed by atoms with Gasteiger partial charge < -0.3 is 9.88 Å². The Morgan fingerprint density at radius 3 is 2.73 bits per heavy atom. The zero-order valence-electron chi connectivity index (χ0n) is 16.3. The van der Waals surface area contributed by atoms with Gasteiger partial charge in [-0.15, -0.1) is 0 Å². The number of hydrogen-bond donors (Lipinski definition) is 1. The molecule has 0 radical (unpaired) electrons. The van der Waals surface area contributed by atoms with Gasteiger partial charge in [-0.1, -0.05) is 6.07 Å². The number of aromatic nitrogens is 4. The van der Waals surface area contributed by atoms with Crippen molar-refractivity contribution in [3.63, 3.8) is 0 Å². The maximum absolute atomic E-state index is 13.7. The van der Waals surface area contributed by atoms with Crippen molar-refractivity contribution in [2.24, 2.45) is 0 Å². The molecule has 152 valence electrons. The zero-order chi connectivity index (χ0) is 20.5. The van der Waals surface area contributed by atoms with E-state index in [9.17, 15) is 8.78 Å². The second-order valence-electron chi connectivity index (χ2n) is 7.47. The van der Waals surface area contributed by atoms with Crippen molar-refractivity contribution in [3.05, 3.63) is 95.7 Å². The van der Waals surface area contributed by atoms with Crippen LogP contribution in [-0.4, -0.2) is 19.3 Å². The highest BCUT2D eigenvalue weighted by Crippen LogP contribution is 2.31. The normalized spacial score (nSPS) is 15.9. The number of nitrogens with zero attached hydrogens (tertiary/aromatic N) is 4. The van der Waals surface area contributed by atoms with E-state index in [1.807, 2.05) is 36.7 Å². The first-order valence-electron chi connectivity index (χ1n) is 10.0. The fourth-order valence-corrected chi connectivity index (χ4v) is 4.16. The van der Waals surface area contributed by atoms with Crippen LogP contribution in [0.15, 0.2) is 67.1 Å². The summed E-state index contributed by atoms with van der Waals surface area (Å²) >= 11 is 0. The molecule has 3 heterocycles. The van der Waals surface area contributed by atoms with Crippen LogP contribution in [0.3, 0.4) is 0 Å². The number of hydrogen-bond acceptors (Lipinski definition) is 3. The first kappa shape index (κ1) is 18.7. The summed E-state index contributed by atoms with van der Waals surface area (Å²) in [4.78, 5) is 4.42. The highest BCUT2D eigenvalue weighted by molar-refractivity contribution is 5.38. The minimum atomic E-state index is -0.602. The molecule has 0 bridgehead atoms. The summed E-state index contributed by atoms with van der Waals surface area (Å²) in [6.45, 7) is 0.674. The summed E-state index contributed by atoms with van der Waals surface area (Å²) in [5.41, 5.74) is 3.62. The molecule has 1 aromatic carbocycles. The van der Waals surface area contributed by atoms with Crippen LogP contribution in [-0.2, 0) is 13.0 Å². The lowest BCUT2D eigenvalue weighted by Crippen LogP contribution is -2.26. The molecule has 30 heavy (non-hydrogen) atoms. The Kier molecular flexibility index (Phi) is 4.88. The molecule has 1 atom stereocenters. The molecule has 0 aliphatic heterocycles. The van der Waals surface area contributed by atoms with Gasteiger partial charge in [0.1, 0.15) is 17.5 Å². The van der Waals surface area contributed by atoms with Gasteiger partial charge in [0.05, 0.1) is 11.9 Å². The average Bonchev–Trinajstić information content (AvgIpc) is 3.39. The molecular weight excluding hydrogens is 384 g/mol. The zero-order valence-corrected chi connectivity index (χ0v) is 16.3. The lowest BCUT2D eigenvalue weighted by atomic mass is 9.93. The quantitative estimate of drug-likeness (QED) is 0.532. The van der Waals surface area contributed by atoms with Crippen LogP contribution in [0.25, 0.3) is 11.5 Å². The topological polar surface area (TPSA) is 47.7 Å². The highest BCUT2D eigenvalue weighted by atomic mass is 19.1. The number of pyridine rings is 1. The number of nitrogens with one attached hydrogen (secondary N) is 1. The van der Waals surface area contributed by atoms with Crippen molar-refractivity contribution in [3.8, 4) is 11.5 Å². The van der Waals surface area contributed by atoms with Gasteiger partial charge in [0.2, 0.25) is 0 Å². The van der Waals surface area contributed by atoms with Gasteiger partial charge in [-0.05, 0) is 55.7 Å². The van der Waals surface area contributed by atoms with Crippen LogP contribution < -0.4 is 5.32 Å². The van der Waals surface area contributed by atoms with Gasteiger partial charge in [0.15, 0.2) is 0 Å². The van der Waals surface area contributed by atoms with E-state index in [-0.39, 0.29) is 6.04 Å². The molecule has 0 saturated heterocycles. The molecule has 0 unspecified atom stereocenters. The molecule has 7 heteroatoms. The van der Waals surface area contributed by atoms with Crippen molar-refractivity contribution >= 4 is 0 Å². The summed E-state index contributed by atoms with van der Waals surface area (Å²) in [6.07, 6.45) is 8.39. The summed E-state index contributed by atoms with van der Waals surface area (Å²) < 4.78 is 31.1. The van der Waals surface area contributed by atoms with Gasteiger partial charge in [-0.25, -0.2) is 18.4 Å². The van der Waals surface area contributed by atoms with Crippen LogP contribution in [0, 0.1) is 11.6 Å². The summed E-state index contributed by atoms with van der Waals surface area (Å²) in [7, 11) is 0. The lowest BCUT2D eigenvalue weighted by Gasteiger charge is -2.24. The number of halogens is 2. The van der Waals surface area contributed by atoms with E-state index in [1.54, 1.807) is 10.9 Å². The standard InChI is InChI=1S/C23H21F2N5/c24-16-11-17(25)13-19(12-16)30-22-7-3-6-21(20(22)15-28-30)27-14-18-5-4-10-29(18)23-8-1-2-9-26-23/h1-2,4-5,8-13,15,21,27H,3,6-7,14H2/t21-/m0/s1. The fourth-order valence-electron chi connectivity index (χ4n) is 4.16. The molecule has 0 spiro atoms. The molecule has 1 N–H and O–H groups in total. The summed E-state index contributed by atoms with van der Waals surface area (Å²) in [6, 6.07) is 13.6. The first-order valence-corrected chi connectivity index (χ1v) is 10.0. The smallest absolute Gasteiger partial charge is 0.136 e. The van der Waals surface area contributed by atoms with Crippen LogP contribution in [0.4, 0.5) is 8.78 Å². The Labute approximate surface area is 173 Å². The number of rotatable bonds is 5. The third-order valence-corrected chi connectivity index (χ3v) is 5.53. The SMILES string of the molecule is Fc1cc(F)cc(-n2ncc3c2CCC[C@@H]3NCc2cccn2-c2ccccn2)c1. The minimum absolute atomic E-state index is 0.132. The van der Waals surface area contributed by atoms with E-state index >= 15 is 0 Å². The van der Waals surface area contributed by atoms with E-state index in [0.717, 1.165) is 48.1 Å². The second-order valence-corrected chi connectivity index (χ2v) is 7.47.